The first-order valence-corrected chi connectivity index (χ1v) is 8.55. The third-order valence-electron chi connectivity index (χ3n) is 3.20. The number of rotatable bonds is 6. The maximum atomic E-state index is 12.7. The average molecular weight is 412 g/mol. The van der Waals surface area contributed by atoms with Gasteiger partial charge in [0.2, 0.25) is 4.21 Å². The molecule has 1 unspecified atom stereocenters. The molecule has 0 saturated carbocycles. The van der Waals surface area contributed by atoms with Gasteiger partial charge < -0.3 is 5.73 Å². The maximum Gasteiger partial charge on any atom is 0.416 e. The second kappa shape index (κ2) is 7.02. The summed E-state index contributed by atoms with van der Waals surface area (Å²) in [6, 6.07) is 3.23. The molecule has 0 heterocycles. The van der Waals surface area contributed by atoms with Crippen LogP contribution in [0.25, 0.3) is 0 Å². The van der Waals surface area contributed by atoms with E-state index in [0.29, 0.717) is 12.1 Å². The molecule has 0 aromatic heterocycles. The van der Waals surface area contributed by atoms with E-state index in [0.717, 1.165) is 12.1 Å². The SMILES string of the molecule is NC(=O)C(Cl)(Cc1cccc(C(F)(F)F)c1)S(=O)(=O)CCC(F)(F)F. The molecule has 142 valence electrons. The Hall–Kier alpha value is -1.49. The van der Waals surface area contributed by atoms with Crippen LogP contribution in [-0.4, -0.2) is 30.5 Å². The van der Waals surface area contributed by atoms with Crippen LogP contribution in [-0.2, 0) is 27.2 Å². The highest BCUT2D eigenvalue weighted by Crippen LogP contribution is 2.34. The van der Waals surface area contributed by atoms with Gasteiger partial charge in [0.1, 0.15) is 0 Å². The van der Waals surface area contributed by atoms with E-state index in [2.05, 4.69) is 0 Å². The minimum atomic E-state index is -4.91. The summed E-state index contributed by atoms with van der Waals surface area (Å²) in [5, 5.41) is 0. The minimum Gasteiger partial charge on any atom is -0.367 e. The molecule has 25 heavy (non-hydrogen) atoms. The van der Waals surface area contributed by atoms with Crippen LogP contribution in [0.2, 0.25) is 0 Å². The minimum absolute atomic E-state index is 0.320. The Kier molecular flexibility index (Phi) is 6.05. The van der Waals surface area contributed by atoms with Crippen molar-refractivity contribution in [3.05, 3.63) is 35.4 Å². The van der Waals surface area contributed by atoms with Crippen molar-refractivity contribution in [2.24, 2.45) is 5.73 Å². The van der Waals surface area contributed by atoms with Crippen molar-refractivity contribution in [2.45, 2.75) is 29.4 Å². The van der Waals surface area contributed by atoms with Crippen molar-refractivity contribution in [2.75, 3.05) is 5.75 Å². The van der Waals surface area contributed by atoms with Crippen LogP contribution in [0.15, 0.2) is 24.3 Å². The second-order valence-electron chi connectivity index (χ2n) is 5.15. The van der Waals surface area contributed by atoms with Crippen LogP contribution in [0.4, 0.5) is 26.3 Å². The number of hydrogen-bond acceptors (Lipinski definition) is 3. The van der Waals surface area contributed by atoms with E-state index in [1.807, 2.05) is 0 Å². The summed E-state index contributed by atoms with van der Waals surface area (Å²) in [5.74, 6) is -3.20. The average Bonchev–Trinajstić information content (AvgIpc) is 2.43. The molecule has 1 aromatic rings. The molecule has 0 aliphatic rings. The van der Waals surface area contributed by atoms with E-state index < -0.39 is 56.5 Å². The predicted molar refractivity (Wildman–Crippen MR) is 77.4 cm³/mol. The molecule has 0 aliphatic heterocycles. The lowest BCUT2D eigenvalue weighted by Gasteiger charge is -2.24. The first kappa shape index (κ1) is 21.6. The topological polar surface area (TPSA) is 77.2 Å². The Balaban J connectivity index is 3.21. The van der Waals surface area contributed by atoms with Gasteiger partial charge in [0.15, 0.2) is 9.84 Å². The Bertz CT molecular complexity index is 747. The molecular weight excluding hydrogens is 400 g/mol. The normalized spacial score (nSPS) is 15.6. The summed E-state index contributed by atoms with van der Waals surface area (Å²) >= 11 is 5.68. The van der Waals surface area contributed by atoms with Gasteiger partial charge in [-0.15, -0.1) is 0 Å². The molecule has 0 saturated heterocycles. The predicted octanol–water partition coefficient (Wildman–Crippen LogP) is 3.04. The zero-order valence-electron chi connectivity index (χ0n) is 12.3. The summed E-state index contributed by atoms with van der Waals surface area (Å²) in [7, 11) is -4.91. The highest BCUT2D eigenvalue weighted by Gasteiger charge is 2.49. The number of carbonyl (C=O) groups excluding carboxylic acids is 1. The van der Waals surface area contributed by atoms with Gasteiger partial charge in [-0.3, -0.25) is 4.79 Å². The fourth-order valence-electron chi connectivity index (χ4n) is 1.88. The van der Waals surface area contributed by atoms with Crippen LogP contribution in [0.3, 0.4) is 0 Å². The van der Waals surface area contributed by atoms with Crippen LogP contribution in [0, 0.1) is 0 Å². The summed E-state index contributed by atoms with van der Waals surface area (Å²) < 4.78 is 95.9. The smallest absolute Gasteiger partial charge is 0.367 e. The van der Waals surface area contributed by atoms with Gasteiger partial charge in [0.05, 0.1) is 17.7 Å². The fourth-order valence-corrected chi connectivity index (χ4v) is 3.78. The number of alkyl halides is 7. The van der Waals surface area contributed by atoms with Crippen molar-refractivity contribution >= 4 is 27.3 Å². The monoisotopic (exact) mass is 411 g/mol. The van der Waals surface area contributed by atoms with Crippen LogP contribution in [0.1, 0.15) is 17.5 Å². The van der Waals surface area contributed by atoms with Gasteiger partial charge in [0, 0.05) is 6.42 Å². The molecule has 1 atom stereocenters. The Morgan fingerprint density at radius 1 is 1.12 bits per heavy atom. The highest BCUT2D eigenvalue weighted by molar-refractivity contribution is 7.95. The van der Waals surface area contributed by atoms with Crippen molar-refractivity contribution in [1.82, 2.24) is 0 Å². The number of halogens is 7. The first-order chi connectivity index (χ1) is 11.1. The zero-order valence-corrected chi connectivity index (χ0v) is 13.9. The van der Waals surface area contributed by atoms with E-state index in [1.165, 1.54) is 0 Å². The van der Waals surface area contributed by atoms with E-state index in [-0.39, 0.29) is 5.56 Å². The zero-order chi connectivity index (χ0) is 19.7. The number of amides is 1. The standard InChI is InChI=1S/C13H12ClF6NO3S/c14-11(10(21)22,25(23,24)5-4-12(15,16)17)7-8-2-1-3-9(6-8)13(18,19)20/h1-3,6H,4-5,7H2,(H2,21,22). The second-order valence-corrected chi connectivity index (χ2v) is 8.36. The molecule has 0 bridgehead atoms. The molecule has 0 fully saturated rings. The Morgan fingerprint density at radius 3 is 2.12 bits per heavy atom. The van der Waals surface area contributed by atoms with Gasteiger partial charge >= 0.3 is 12.4 Å². The van der Waals surface area contributed by atoms with Crippen molar-refractivity contribution in [3.63, 3.8) is 0 Å². The number of sulfone groups is 1. The van der Waals surface area contributed by atoms with E-state index >= 15 is 0 Å². The lowest BCUT2D eigenvalue weighted by Crippen LogP contribution is -2.49. The first-order valence-electron chi connectivity index (χ1n) is 6.52. The van der Waals surface area contributed by atoms with Crippen molar-refractivity contribution in [3.8, 4) is 0 Å². The number of nitrogens with two attached hydrogens (primary N) is 1. The van der Waals surface area contributed by atoms with E-state index in [4.69, 9.17) is 17.3 Å². The fraction of sp³-hybridized carbons (Fsp3) is 0.462. The summed E-state index contributed by atoms with van der Waals surface area (Å²) in [6.07, 6.45) is -12.4. The molecule has 12 heteroatoms. The Morgan fingerprint density at radius 2 is 1.68 bits per heavy atom. The van der Waals surface area contributed by atoms with Crippen LogP contribution >= 0.6 is 11.6 Å². The summed E-state index contributed by atoms with van der Waals surface area (Å²) in [6.45, 7) is 0. The Labute approximate surface area is 143 Å². The molecule has 1 aromatic carbocycles. The van der Waals surface area contributed by atoms with Gasteiger partial charge in [-0.1, -0.05) is 29.8 Å². The number of hydrogen-bond donors (Lipinski definition) is 1. The quantitative estimate of drug-likeness (QED) is 0.577. The highest BCUT2D eigenvalue weighted by atomic mass is 35.5. The van der Waals surface area contributed by atoms with Gasteiger partial charge in [-0.25, -0.2) is 8.42 Å². The van der Waals surface area contributed by atoms with Gasteiger partial charge in [0.25, 0.3) is 5.91 Å². The third kappa shape index (κ3) is 5.50. The van der Waals surface area contributed by atoms with Crippen LogP contribution in [0.5, 0.6) is 0 Å². The third-order valence-corrected chi connectivity index (χ3v) is 6.30. The van der Waals surface area contributed by atoms with E-state index in [1.54, 1.807) is 0 Å². The molecule has 1 rings (SSSR count). The molecule has 1 amide bonds. The van der Waals surface area contributed by atoms with Crippen LogP contribution < -0.4 is 5.73 Å². The maximum absolute atomic E-state index is 12.7. The molecule has 0 spiro atoms. The number of carbonyl (C=O) groups is 1. The van der Waals surface area contributed by atoms with Crippen molar-refractivity contribution in [1.29, 1.82) is 0 Å². The largest absolute Gasteiger partial charge is 0.416 e. The summed E-state index contributed by atoms with van der Waals surface area (Å²) in [5.41, 5.74) is 3.46. The molecular formula is C13H12ClF6NO3S. The van der Waals surface area contributed by atoms with Gasteiger partial charge in [-0.05, 0) is 11.6 Å². The summed E-state index contributed by atoms with van der Waals surface area (Å²) in [4.78, 5) is 11.5. The lowest BCUT2D eigenvalue weighted by atomic mass is 10.1. The van der Waals surface area contributed by atoms with Gasteiger partial charge in [-0.2, -0.15) is 26.3 Å². The molecule has 2 N–H and O–H groups in total. The molecule has 0 aliphatic carbocycles. The number of benzene rings is 1. The molecule has 4 nitrogen and oxygen atoms in total. The number of primary amides is 1. The molecule has 0 radical (unpaired) electrons. The lowest BCUT2D eigenvalue weighted by molar-refractivity contribution is -0.137. The van der Waals surface area contributed by atoms with Crippen molar-refractivity contribution < 1.29 is 39.6 Å². The van der Waals surface area contributed by atoms with E-state index in [9.17, 15) is 39.6 Å².